The van der Waals surface area contributed by atoms with Crippen LogP contribution in [0.5, 0.6) is 0 Å². The van der Waals surface area contributed by atoms with Gasteiger partial charge in [-0.05, 0) is 93.7 Å². The number of benzene rings is 2. The summed E-state index contributed by atoms with van der Waals surface area (Å²) in [5.41, 5.74) is 4.56. The molecule has 0 bridgehead atoms. The molecule has 2 atom stereocenters. The zero-order valence-corrected chi connectivity index (χ0v) is 32.3. The molecule has 0 radical (unpaired) electrons. The average molecular weight is 759 g/mol. The lowest BCUT2D eigenvalue weighted by Crippen LogP contribution is -2.53. The Kier molecular flexibility index (Phi) is 11.8. The highest BCUT2D eigenvalue weighted by Gasteiger charge is 2.40. The average Bonchev–Trinajstić information content (AvgIpc) is 3.74. The van der Waals surface area contributed by atoms with Gasteiger partial charge in [0.15, 0.2) is 11.7 Å². The highest BCUT2D eigenvalue weighted by Crippen LogP contribution is 2.29. The first-order valence-corrected chi connectivity index (χ1v) is 20.0. The third-order valence-electron chi connectivity index (χ3n) is 11.9. The van der Waals surface area contributed by atoms with Crippen molar-refractivity contribution in [3.8, 4) is 0 Å². The fraction of sp³-hybridized carbons (Fsp3) is 0.585. The number of oxazole rings is 1. The Labute approximate surface area is 321 Å². The lowest BCUT2D eigenvalue weighted by Gasteiger charge is -2.40. The first-order valence-electron chi connectivity index (χ1n) is 20.0. The van der Waals surface area contributed by atoms with Crippen molar-refractivity contribution in [2.45, 2.75) is 102 Å². The number of urea groups is 1. The number of anilines is 1. The monoisotopic (exact) mass is 758 g/mol. The number of para-hydroxylation sites is 1. The second-order valence-electron chi connectivity index (χ2n) is 15.5. The molecule has 0 spiro atoms. The number of aryl methyl sites for hydroxylation is 2. The van der Waals surface area contributed by atoms with Gasteiger partial charge in [0.05, 0.1) is 12.1 Å². The van der Waals surface area contributed by atoms with E-state index in [0.717, 1.165) is 55.5 Å². The van der Waals surface area contributed by atoms with Gasteiger partial charge in [0.25, 0.3) is 5.91 Å². The van der Waals surface area contributed by atoms with E-state index in [1.165, 1.54) is 4.57 Å². The molecule has 1 aromatic heterocycles. The number of nitrogens with zero attached hydrogens (tertiary/aromatic N) is 5. The normalized spacial score (nSPS) is 20.6. The van der Waals surface area contributed by atoms with Crippen molar-refractivity contribution in [1.29, 1.82) is 0 Å². The molecule has 14 nitrogen and oxygen atoms in total. The number of carbonyl (C=O) groups is 4. The summed E-state index contributed by atoms with van der Waals surface area (Å²) in [6.45, 7) is 7.56. The van der Waals surface area contributed by atoms with E-state index in [9.17, 15) is 24.0 Å². The zero-order valence-electron chi connectivity index (χ0n) is 32.3. The van der Waals surface area contributed by atoms with Gasteiger partial charge in [-0.2, -0.15) is 0 Å². The smallest absolute Gasteiger partial charge is 0.419 e. The quantitative estimate of drug-likeness (QED) is 0.227. The van der Waals surface area contributed by atoms with Gasteiger partial charge in [0.1, 0.15) is 6.04 Å². The molecule has 7 rings (SSSR count). The van der Waals surface area contributed by atoms with Gasteiger partial charge in [0.2, 0.25) is 0 Å². The van der Waals surface area contributed by atoms with Crippen LogP contribution >= 0.6 is 0 Å². The van der Waals surface area contributed by atoms with Gasteiger partial charge in [0, 0.05) is 64.0 Å². The number of aromatic nitrogens is 1. The van der Waals surface area contributed by atoms with E-state index >= 15 is 0 Å². The summed E-state index contributed by atoms with van der Waals surface area (Å²) in [6.07, 6.45) is 5.33. The predicted molar refractivity (Wildman–Crippen MR) is 206 cm³/mol. The van der Waals surface area contributed by atoms with Crippen molar-refractivity contribution in [3.05, 3.63) is 63.6 Å². The minimum absolute atomic E-state index is 0.0271. The first-order chi connectivity index (χ1) is 26.6. The van der Waals surface area contributed by atoms with Crippen LogP contribution < -0.4 is 11.1 Å². The lowest BCUT2D eigenvalue weighted by atomic mass is 9.99. The van der Waals surface area contributed by atoms with Crippen molar-refractivity contribution < 1.29 is 33.1 Å². The summed E-state index contributed by atoms with van der Waals surface area (Å²) in [5, 5.41) is 3.04. The van der Waals surface area contributed by atoms with Gasteiger partial charge in [-0.1, -0.05) is 37.6 Å². The maximum absolute atomic E-state index is 14.3. The summed E-state index contributed by atoms with van der Waals surface area (Å²) in [4.78, 5) is 74.1. The highest BCUT2D eigenvalue weighted by molar-refractivity contribution is 5.91. The predicted octanol–water partition coefficient (Wildman–Crippen LogP) is 4.84. The van der Waals surface area contributed by atoms with Gasteiger partial charge in [-0.3, -0.25) is 19.1 Å². The molecular weight excluding hydrogens is 704 g/mol. The number of amides is 4. The maximum Gasteiger partial charge on any atom is 0.419 e. The van der Waals surface area contributed by atoms with Gasteiger partial charge < -0.3 is 33.9 Å². The standard InChI is InChI=1S/C41H54N6O8/c1-4-5-23-53-38(49)33-11-8-17-46(33)30-13-18-44(19-14-30)37(48)35(26-28-24-27(2)36-34(25-28)54-40(51)43(36)3)55-41(52)45-20-15-31(16-21-45)47-22-12-29-9-6-7-10-32(29)42-39(47)50/h6-7,9-10,24-25,30-31,33,35H,4-5,8,11-23,26H2,1-3H3,(H,42,50)/t33-,35+/m0/s1. The van der Waals surface area contributed by atoms with Crippen LogP contribution in [0.15, 0.2) is 45.6 Å². The summed E-state index contributed by atoms with van der Waals surface area (Å²) in [5.74, 6) is -0.897. The van der Waals surface area contributed by atoms with Crippen LogP contribution in [0.25, 0.3) is 11.1 Å². The maximum atomic E-state index is 14.3. The van der Waals surface area contributed by atoms with Crippen LogP contribution in [-0.2, 0) is 39.0 Å². The molecule has 55 heavy (non-hydrogen) atoms. The minimum Gasteiger partial charge on any atom is -0.465 e. The number of carbonyl (C=O) groups excluding carboxylic acids is 4. The molecule has 0 aliphatic carbocycles. The second-order valence-corrected chi connectivity index (χ2v) is 15.5. The molecule has 0 unspecified atom stereocenters. The van der Waals surface area contributed by atoms with Gasteiger partial charge in [-0.15, -0.1) is 0 Å². The molecule has 14 heteroatoms. The second kappa shape index (κ2) is 16.9. The van der Waals surface area contributed by atoms with Gasteiger partial charge >= 0.3 is 23.8 Å². The number of rotatable bonds is 10. The Hall–Kier alpha value is -4.85. The number of ether oxygens (including phenoxy) is 2. The van der Waals surface area contributed by atoms with Crippen molar-refractivity contribution in [3.63, 3.8) is 0 Å². The molecule has 3 aromatic rings. The van der Waals surface area contributed by atoms with Crippen LogP contribution in [0.1, 0.15) is 75.0 Å². The van der Waals surface area contributed by atoms with E-state index in [4.69, 9.17) is 13.9 Å². The Balaban J connectivity index is 1.01. The number of piperidine rings is 2. The molecular formula is C41H54N6O8. The van der Waals surface area contributed by atoms with E-state index in [-0.39, 0.29) is 42.5 Å². The van der Waals surface area contributed by atoms with E-state index in [1.807, 2.05) is 42.2 Å². The van der Waals surface area contributed by atoms with Crippen LogP contribution in [0, 0.1) is 6.92 Å². The van der Waals surface area contributed by atoms with Crippen molar-refractivity contribution in [2.24, 2.45) is 7.05 Å². The third-order valence-corrected chi connectivity index (χ3v) is 11.9. The Morgan fingerprint density at radius 2 is 1.65 bits per heavy atom. The number of nitrogens with one attached hydrogen (secondary N) is 1. The third kappa shape index (κ3) is 8.39. The van der Waals surface area contributed by atoms with Crippen molar-refractivity contribution >= 4 is 40.8 Å². The number of esters is 1. The first kappa shape index (κ1) is 38.4. The fourth-order valence-corrected chi connectivity index (χ4v) is 8.90. The molecule has 4 amide bonds. The molecule has 5 heterocycles. The van der Waals surface area contributed by atoms with Crippen LogP contribution in [0.3, 0.4) is 0 Å². The molecule has 4 aliphatic heterocycles. The van der Waals surface area contributed by atoms with E-state index in [2.05, 4.69) is 17.1 Å². The van der Waals surface area contributed by atoms with Crippen LogP contribution in [0.2, 0.25) is 0 Å². The van der Waals surface area contributed by atoms with Crippen molar-refractivity contribution in [1.82, 2.24) is 24.2 Å². The molecule has 3 saturated heterocycles. The molecule has 2 aromatic carbocycles. The number of hydrogen-bond acceptors (Lipinski definition) is 9. The molecule has 4 aliphatic rings. The van der Waals surface area contributed by atoms with Gasteiger partial charge in [-0.25, -0.2) is 14.4 Å². The number of fused-ring (bicyclic) bond motifs is 2. The SMILES string of the molecule is CCCCOC(=O)[C@@H]1CCCN1C1CCN(C(=O)[C@@H](Cc2cc(C)c3c(c2)oc(=O)n3C)OC(=O)N2CCC(N3CCc4ccccc4NC3=O)CC2)CC1. The summed E-state index contributed by atoms with van der Waals surface area (Å²) in [7, 11) is 1.65. The Morgan fingerprint density at radius 1 is 0.927 bits per heavy atom. The van der Waals surface area contributed by atoms with Crippen LogP contribution in [0.4, 0.5) is 15.3 Å². The van der Waals surface area contributed by atoms with E-state index in [0.29, 0.717) is 81.7 Å². The lowest BCUT2D eigenvalue weighted by molar-refractivity contribution is -0.151. The molecule has 3 fully saturated rings. The number of hydrogen-bond donors (Lipinski definition) is 1. The van der Waals surface area contributed by atoms with Crippen LogP contribution in [-0.4, -0.2) is 118 Å². The molecule has 1 N–H and O–H groups in total. The Bertz CT molecular complexity index is 1940. The molecule has 296 valence electrons. The summed E-state index contributed by atoms with van der Waals surface area (Å²) in [6, 6.07) is 11.2. The van der Waals surface area contributed by atoms with Crippen molar-refractivity contribution in [2.75, 3.05) is 51.2 Å². The summed E-state index contributed by atoms with van der Waals surface area (Å²) < 4.78 is 18.6. The number of likely N-dealkylation sites (tertiary alicyclic amines) is 3. The molecule has 0 saturated carbocycles. The van der Waals surface area contributed by atoms with E-state index in [1.54, 1.807) is 22.9 Å². The highest BCUT2D eigenvalue weighted by atomic mass is 16.6. The zero-order chi connectivity index (χ0) is 38.6. The topological polar surface area (TPSA) is 147 Å². The summed E-state index contributed by atoms with van der Waals surface area (Å²) >= 11 is 0. The Morgan fingerprint density at radius 3 is 2.42 bits per heavy atom. The fourth-order valence-electron chi connectivity index (χ4n) is 8.90. The minimum atomic E-state index is -1.10. The number of unbranched alkanes of at least 4 members (excludes halogenated alkanes) is 1. The van der Waals surface area contributed by atoms with E-state index < -0.39 is 18.0 Å². The largest absolute Gasteiger partial charge is 0.465 e.